The molecular weight excluding hydrogens is 216 g/mol. The van der Waals surface area contributed by atoms with E-state index < -0.39 is 0 Å². The molecule has 1 amide bonds. The van der Waals surface area contributed by atoms with Crippen molar-refractivity contribution in [2.75, 3.05) is 12.8 Å². The minimum atomic E-state index is -0.0558. The molecule has 2 aromatic rings. The summed E-state index contributed by atoms with van der Waals surface area (Å²) in [5.41, 5.74) is 7.27. The van der Waals surface area contributed by atoms with E-state index in [9.17, 15) is 4.79 Å². The van der Waals surface area contributed by atoms with Crippen molar-refractivity contribution in [2.45, 2.75) is 6.54 Å². The lowest BCUT2D eigenvalue weighted by Crippen LogP contribution is -2.23. The van der Waals surface area contributed by atoms with Gasteiger partial charge in [-0.05, 0) is 24.3 Å². The van der Waals surface area contributed by atoms with Crippen LogP contribution in [0.25, 0.3) is 11.4 Å². The summed E-state index contributed by atoms with van der Waals surface area (Å²) in [5.74, 6) is 0.702. The first-order valence-electron chi connectivity index (χ1n) is 5.28. The Balaban J connectivity index is 2.30. The first kappa shape index (κ1) is 11.2. The number of likely N-dealkylation sites (N-methyl/N-ethyl adjacent to an activating group) is 1. The molecule has 0 radical (unpaired) electrons. The molecule has 1 heterocycles. The number of aromatic nitrogens is 2. The minimum absolute atomic E-state index is 0.0558. The Kier molecular flexibility index (Phi) is 3.09. The minimum Gasteiger partial charge on any atom is -0.399 e. The zero-order valence-corrected chi connectivity index (χ0v) is 9.55. The number of amides is 1. The van der Waals surface area contributed by atoms with Crippen LogP contribution in [-0.2, 0) is 11.3 Å². The van der Waals surface area contributed by atoms with Gasteiger partial charge in [0.05, 0.1) is 0 Å². The fourth-order valence-electron chi connectivity index (χ4n) is 1.56. The van der Waals surface area contributed by atoms with E-state index in [0.717, 1.165) is 11.4 Å². The molecule has 0 atom stereocenters. The number of carbonyl (C=O) groups excluding carboxylic acids is 1. The molecule has 0 aliphatic rings. The summed E-state index contributed by atoms with van der Waals surface area (Å²) >= 11 is 0. The molecule has 17 heavy (non-hydrogen) atoms. The van der Waals surface area contributed by atoms with Gasteiger partial charge in [0, 0.05) is 30.7 Å². The van der Waals surface area contributed by atoms with Crippen LogP contribution in [0.4, 0.5) is 5.69 Å². The molecule has 0 bridgehead atoms. The molecule has 0 spiro atoms. The number of nitrogens with one attached hydrogen (secondary N) is 1. The van der Waals surface area contributed by atoms with E-state index in [4.69, 9.17) is 5.73 Å². The molecule has 2 rings (SSSR count). The number of carbonyl (C=O) groups is 1. The van der Waals surface area contributed by atoms with E-state index >= 15 is 0 Å². The molecule has 3 N–H and O–H groups in total. The molecule has 1 aromatic carbocycles. The number of hydrogen-bond donors (Lipinski definition) is 2. The van der Waals surface area contributed by atoms with E-state index in [1.807, 2.05) is 24.3 Å². The summed E-state index contributed by atoms with van der Waals surface area (Å²) in [6, 6.07) is 7.40. The second-order valence-electron chi connectivity index (χ2n) is 3.67. The van der Waals surface area contributed by atoms with Crippen molar-refractivity contribution >= 4 is 11.6 Å². The van der Waals surface area contributed by atoms with E-state index in [-0.39, 0.29) is 12.5 Å². The lowest BCUT2D eigenvalue weighted by Gasteiger charge is -2.07. The number of benzene rings is 1. The van der Waals surface area contributed by atoms with E-state index in [1.54, 1.807) is 24.0 Å². The van der Waals surface area contributed by atoms with Crippen molar-refractivity contribution in [1.29, 1.82) is 0 Å². The predicted octanol–water partition coefficient (Wildman–Crippen LogP) is 0.878. The highest BCUT2D eigenvalue weighted by molar-refractivity contribution is 5.76. The smallest absolute Gasteiger partial charge is 0.239 e. The van der Waals surface area contributed by atoms with Gasteiger partial charge < -0.3 is 15.6 Å². The number of imidazole rings is 1. The summed E-state index contributed by atoms with van der Waals surface area (Å²) < 4.78 is 1.80. The van der Waals surface area contributed by atoms with Crippen molar-refractivity contribution in [3.05, 3.63) is 36.7 Å². The van der Waals surface area contributed by atoms with Crippen LogP contribution in [0.2, 0.25) is 0 Å². The third kappa shape index (κ3) is 2.44. The van der Waals surface area contributed by atoms with Crippen LogP contribution in [0, 0.1) is 0 Å². The molecule has 0 unspecified atom stereocenters. The molecule has 0 saturated carbocycles. The second kappa shape index (κ2) is 4.69. The summed E-state index contributed by atoms with van der Waals surface area (Å²) in [6.45, 7) is 0.260. The maximum absolute atomic E-state index is 11.3. The average Bonchev–Trinajstić information content (AvgIpc) is 2.78. The zero-order valence-electron chi connectivity index (χ0n) is 9.55. The Morgan fingerprint density at radius 3 is 2.76 bits per heavy atom. The number of anilines is 1. The maximum atomic E-state index is 11.3. The lowest BCUT2D eigenvalue weighted by atomic mass is 10.2. The van der Waals surface area contributed by atoms with Gasteiger partial charge in [0.1, 0.15) is 12.4 Å². The molecule has 5 heteroatoms. The quantitative estimate of drug-likeness (QED) is 0.769. The molecule has 0 saturated heterocycles. The van der Waals surface area contributed by atoms with Crippen molar-refractivity contribution in [1.82, 2.24) is 14.9 Å². The monoisotopic (exact) mass is 230 g/mol. The van der Waals surface area contributed by atoms with Gasteiger partial charge in [-0.15, -0.1) is 0 Å². The van der Waals surface area contributed by atoms with Gasteiger partial charge in [-0.3, -0.25) is 4.79 Å². The van der Waals surface area contributed by atoms with Crippen LogP contribution in [0.15, 0.2) is 36.7 Å². The summed E-state index contributed by atoms with van der Waals surface area (Å²) in [6.07, 6.45) is 3.45. The van der Waals surface area contributed by atoms with Crippen LogP contribution in [-0.4, -0.2) is 22.5 Å². The topological polar surface area (TPSA) is 72.9 Å². The van der Waals surface area contributed by atoms with Gasteiger partial charge in [0.15, 0.2) is 0 Å². The van der Waals surface area contributed by atoms with E-state index in [0.29, 0.717) is 5.69 Å². The normalized spacial score (nSPS) is 10.2. The van der Waals surface area contributed by atoms with Gasteiger partial charge in [-0.1, -0.05) is 0 Å². The maximum Gasteiger partial charge on any atom is 0.239 e. The van der Waals surface area contributed by atoms with Gasteiger partial charge in [-0.2, -0.15) is 0 Å². The van der Waals surface area contributed by atoms with Gasteiger partial charge >= 0.3 is 0 Å². The largest absolute Gasteiger partial charge is 0.399 e. The summed E-state index contributed by atoms with van der Waals surface area (Å²) in [7, 11) is 1.61. The predicted molar refractivity (Wildman–Crippen MR) is 66.1 cm³/mol. The Hall–Kier alpha value is -2.30. The van der Waals surface area contributed by atoms with Gasteiger partial charge in [-0.25, -0.2) is 4.98 Å². The molecule has 0 aliphatic carbocycles. The molecular formula is C12H14N4O. The standard InChI is InChI=1S/C12H14N4O/c1-14-11(17)8-16-7-6-15-12(16)9-2-4-10(13)5-3-9/h2-7H,8,13H2,1H3,(H,14,17). The number of hydrogen-bond acceptors (Lipinski definition) is 3. The van der Waals surface area contributed by atoms with Crippen LogP contribution in [0.1, 0.15) is 0 Å². The van der Waals surface area contributed by atoms with E-state index in [2.05, 4.69) is 10.3 Å². The third-order valence-electron chi connectivity index (χ3n) is 2.48. The van der Waals surface area contributed by atoms with Crippen LogP contribution in [0.3, 0.4) is 0 Å². The average molecular weight is 230 g/mol. The Bertz CT molecular complexity index is 516. The SMILES string of the molecule is CNC(=O)Cn1ccnc1-c1ccc(N)cc1. The van der Waals surface area contributed by atoms with E-state index in [1.165, 1.54) is 0 Å². The highest BCUT2D eigenvalue weighted by Gasteiger charge is 2.08. The molecule has 5 nitrogen and oxygen atoms in total. The fourth-order valence-corrected chi connectivity index (χ4v) is 1.56. The zero-order chi connectivity index (χ0) is 12.3. The van der Waals surface area contributed by atoms with Gasteiger partial charge in [0.25, 0.3) is 0 Å². The molecule has 0 aliphatic heterocycles. The van der Waals surface area contributed by atoms with Crippen molar-refractivity contribution in [3.8, 4) is 11.4 Å². The number of nitrogen functional groups attached to an aromatic ring is 1. The first-order valence-corrected chi connectivity index (χ1v) is 5.28. The third-order valence-corrected chi connectivity index (χ3v) is 2.48. The number of rotatable bonds is 3. The van der Waals surface area contributed by atoms with Crippen LogP contribution >= 0.6 is 0 Å². The van der Waals surface area contributed by atoms with Crippen LogP contribution in [0.5, 0.6) is 0 Å². The van der Waals surface area contributed by atoms with Gasteiger partial charge in [0.2, 0.25) is 5.91 Å². The summed E-state index contributed by atoms with van der Waals surface area (Å²) in [4.78, 5) is 15.6. The van der Waals surface area contributed by atoms with Crippen molar-refractivity contribution in [3.63, 3.8) is 0 Å². The number of nitrogens with two attached hydrogens (primary N) is 1. The van der Waals surface area contributed by atoms with Crippen LogP contribution < -0.4 is 11.1 Å². The highest BCUT2D eigenvalue weighted by Crippen LogP contribution is 2.18. The fraction of sp³-hybridized carbons (Fsp3) is 0.167. The van der Waals surface area contributed by atoms with Crippen molar-refractivity contribution in [2.24, 2.45) is 0 Å². The Morgan fingerprint density at radius 1 is 1.41 bits per heavy atom. The lowest BCUT2D eigenvalue weighted by molar-refractivity contribution is -0.121. The molecule has 1 aromatic heterocycles. The van der Waals surface area contributed by atoms with Crippen molar-refractivity contribution < 1.29 is 4.79 Å². The Morgan fingerprint density at radius 2 is 2.12 bits per heavy atom. The molecule has 88 valence electrons. The molecule has 0 fully saturated rings. The first-order chi connectivity index (χ1) is 8.20. The number of nitrogens with zero attached hydrogens (tertiary/aromatic N) is 2. The summed E-state index contributed by atoms with van der Waals surface area (Å²) in [5, 5.41) is 2.58. The second-order valence-corrected chi connectivity index (χ2v) is 3.67. The Labute approximate surface area is 99.3 Å². The highest BCUT2D eigenvalue weighted by atomic mass is 16.1.